The lowest BCUT2D eigenvalue weighted by atomic mass is 9.51. The number of fused-ring (bicyclic) bond motifs is 1. The van der Waals surface area contributed by atoms with Crippen LogP contribution in [0.3, 0.4) is 0 Å². The van der Waals surface area contributed by atoms with Gasteiger partial charge in [0.1, 0.15) is 11.3 Å². The molecule has 0 bridgehead atoms. The van der Waals surface area contributed by atoms with Gasteiger partial charge in [0.05, 0.1) is 18.7 Å². The van der Waals surface area contributed by atoms with Crippen molar-refractivity contribution >= 4 is 17.5 Å². The Balaban J connectivity index is 1.42. The van der Waals surface area contributed by atoms with Gasteiger partial charge in [0.15, 0.2) is 0 Å². The van der Waals surface area contributed by atoms with Crippen LogP contribution in [0, 0.1) is 23.2 Å². The summed E-state index contributed by atoms with van der Waals surface area (Å²) in [5.41, 5.74) is 2.23. The summed E-state index contributed by atoms with van der Waals surface area (Å²) < 4.78 is 7.08. The van der Waals surface area contributed by atoms with E-state index in [1.165, 1.54) is 12.8 Å². The van der Waals surface area contributed by atoms with Gasteiger partial charge < -0.3 is 20.3 Å². The van der Waals surface area contributed by atoms with Crippen LogP contribution in [0.25, 0.3) is 5.65 Å². The lowest BCUT2D eigenvalue weighted by molar-refractivity contribution is -0.134. The van der Waals surface area contributed by atoms with Gasteiger partial charge in [-0.05, 0) is 67.7 Å². The third kappa shape index (κ3) is 6.01. The first-order valence-electron chi connectivity index (χ1n) is 14.0. The molecular weight excluding hydrogens is 466 g/mol. The number of carbonyl (C=O) groups is 2. The van der Waals surface area contributed by atoms with E-state index in [1.807, 2.05) is 33.7 Å². The third-order valence-corrected chi connectivity index (χ3v) is 9.02. The van der Waals surface area contributed by atoms with Gasteiger partial charge in [-0.1, -0.05) is 40.2 Å². The highest BCUT2D eigenvalue weighted by Crippen LogP contribution is 2.55. The van der Waals surface area contributed by atoms with Crippen LogP contribution in [0.5, 0.6) is 0 Å². The number of ether oxygens (including phenoxy) is 1. The van der Waals surface area contributed by atoms with Gasteiger partial charge in [0.2, 0.25) is 5.91 Å². The molecule has 1 saturated carbocycles. The zero-order valence-electron chi connectivity index (χ0n) is 23.3. The van der Waals surface area contributed by atoms with Crippen molar-refractivity contribution in [1.29, 1.82) is 0 Å². The van der Waals surface area contributed by atoms with Crippen molar-refractivity contribution < 1.29 is 14.3 Å². The molecule has 0 unspecified atom stereocenters. The number of piperidine rings is 1. The van der Waals surface area contributed by atoms with Crippen molar-refractivity contribution in [3.05, 3.63) is 35.8 Å². The molecule has 8 heteroatoms. The fourth-order valence-electron chi connectivity index (χ4n) is 6.61. The Morgan fingerprint density at radius 1 is 1.30 bits per heavy atom. The van der Waals surface area contributed by atoms with Gasteiger partial charge in [-0.15, -0.1) is 0 Å². The van der Waals surface area contributed by atoms with E-state index in [0.29, 0.717) is 54.0 Å². The molecular formula is C29H45N5O3. The van der Waals surface area contributed by atoms with Gasteiger partial charge in [0, 0.05) is 32.4 Å². The number of methoxy groups -OCH3 is 1. The highest BCUT2D eigenvalue weighted by Gasteiger charge is 2.48. The summed E-state index contributed by atoms with van der Waals surface area (Å²) in [6.45, 7) is 12.8. The van der Waals surface area contributed by atoms with Crippen molar-refractivity contribution in [3.8, 4) is 0 Å². The molecule has 2 aliphatic rings. The largest absolute Gasteiger partial charge is 0.383 e. The van der Waals surface area contributed by atoms with Crippen LogP contribution >= 0.6 is 0 Å². The van der Waals surface area contributed by atoms with Crippen molar-refractivity contribution in [3.63, 3.8) is 0 Å². The molecule has 3 heterocycles. The molecule has 3 atom stereocenters. The van der Waals surface area contributed by atoms with Crippen LogP contribution in [-0.4, -0.2) is 72.0 Å². The molecule has 0 aromatic carbocycles. The average Bonchev–Trinajstić information content (AvgIpc) is 3.30. The minimum absolute atomic E-state index is 0.0562. The summed E-state index contributed by atoms with van der Waals surface area (Å²) in [5.74, 6) is 1.77. The average molecular weight is 512 g/mol. The lowest BCUT2D eigenvalue weighted by Crippen LogP contribution is -2.49. The molecule has 0 radical (unpaired) electrons. The molecule has 1 aliphatic carbocycles. The lowest BCUT2D eigenvalue weighted by Gasteiger charge is -2.55. The second-order valence-corrected chi connectivity index (χ2v) is 11.6. The molecule has 2 aromatic rings. The molecule has 8 nitrogen and oxygen atoms in total. The fourth-order valence-corrected chi connectivity index (χ4v) is 6.61. The number of hydrogen-bond donors (Lipinski definition) is 2. The molecule has 2 amide bonds. The Hall–Kier alpha value is -2.45. The van der Waals surface area contributed by atoms with Gasteiger partial charge in [-0.3, -0.25) is 14.0 Å². The van der Waals surface area contributed by atoms with Gasteiger partial charge >= 0.3 is 0 Å². The first kappa shape index (κ1) is 27.6. The Bertz CT molecular complexity index is 1070. The van der Waals surface area contributed by atoms with Crippen molar-refractivity contribution in [1.82, 2.24) is 24.9 Å². The fraction of sp³-hybridized carbons (Fsp3) is 0.690. The van der Waals surface area contributed by atoms with E-state index in [9.17, 15) is 9.59 Å². The van der Waals surface area contributed by atoms with Crippen molar-refractivity contribution in [2.45, 2.75) is 65.8 Å². The van der Waals surface area contributed by atoms with E-state index in [2.05, 4.69) is 43.3 Å². The molecule has 0 spiro atoms. The zero-order valence-corrected chi connectivity index (χ0v) is 23.3. The first-order valence-corrected chi connectivity index (χ1v) is 14.0. The molecule has 37 heavy (non-hydrogen) atoms. The van der Waals surface area contributed by atoms with Crippen LogP contribution < -0.4 is 10.6 Å². The van der Waals surface area contributed by atoms with E-state index >= 15 is 0 Å². The maximum absolute atomic E-state index is 13.3. The van der Waals surface area contributed by atoms with Crippen molar-refractivity contribution in [2.75, 3.05) is 39.9 Å². The monoisotopic (exact) mass is 511 g/mol. The smallest absolute Gasteiger partial charge is 0.268 e. The minimum Gasteiger partial charge on any atom is -0.383 e. The number of pyridine rings is 1. The minimum atomic E-state index is -0.103. The first-order chi connectivity index (χ1) is 17.8. The molecule has 2 fully saturated rings. The maximum atomic E-state index is 13.3. The van der Waals surface area contributed by atoms with E-state index in [0.717, 1.165) is 31.8 Å². The standard InChI is InChI=1S/C29H45N5O3/c1-6-21-16-24(29(21,3)4)20(2)18-31-28(36)25-8-7-9-26-32-22(19-34(25)26)17-27(35)33(14-15-37-5)23-10-12-30-13-11-23/h7-9,19-21,23-24,30H,6,10-18H2,1-5H3,(H,31,36)/t20-,21+,24+/m0/s1. The van der Waals surface area contributed by atoms with E-state index < -0.39 is 0 Å². The SMILES string of the molecule is CC[C@@H]1C[C@H]([C@@H](C)CNC(=O)c2cccc3nc(CC(=O)N(CCOC)C4CCNCC4)cn23)C1(C)C. The van der Waals surface area contributed by atoms with Crippen LogP contribution in [0.4, 0.5) is 0 Å². The molecule has 2 aromatic heterocycles. The number of hydrogen-bond acceptors (Lipinski definition) is 5. The zero-order chi connectivity index (χ0) is 26.6. The van der Waals surface area contributed by atoms with Crippen LogP contribution in [-0.2, 0) is 16.0 Å². The third-order valence-electron chi connectivity index (χ3n) is 9.02. The topological polar surface area (TPSA) is 88.0 Å². The molecule has 204 valence electrons. The number of carbonyl (C=O) groups excluding carboxylic acids is 2. The number of rotatable bonds is 11. The van der Waals surface area contributed by atoms with Gasteiger partial charge in [-0.2, -0.15) is 0 Å². The second kappa shape index (κ2) is 11.9. The Morgan fingerprint density at radius 3 is 2.73 bits per heavy atom. The highest BCUT2D eigenvalue weighted by molar-refractivity contribution is 5.93. The Kier molecular flexibility index (Phi) is 8.90. The summed E-state index contributed by atoms with van der Waals surface area (Å²) in [6, 6.07) is 5.77. The molecule has 4 rings (SSSR count). The number of amides is 2. The van der Waals surface area contributed by atoms with E-state index in [1.54, 1.807) is 7.11 Å². The van der Waals surface area contributed by atoms with Gasteiger partial charge in [0.25, 0.3) is 5.91 Å². The summed E-state index contributed by atoms with van der Waals surface area (Å²) >= 11 is 0. The van der Waals surface area contributed by atoms with Crippen LogP contribution in [0.15, 0.2) is 24.4 Å². The quantitative estimate of drug-likeness (QED) is 0.482. The predicted molar refractivity (Wildman–Crippen MR) is 146 cm³/mol. The normalized spacial score (nSPS) is 22.4. The Labute approximate surface area is 221 Å². The molecule has 2 N–H and O–H groups in total. The predicted octanol–water partition coefficient (Wildman–Crippen LogP) is 3.54. The number of nitrogens with zero attached hydrogens (tertiary/aromatic N) is 3. The van der Waals surface area contributed by atoms with Gasteiger partial charge in [-0.25, -0.2) is 4.98 Å². The summed E-state index contributed by atoms with van der Waals surface area (Å²) in [5, 5.41) is 6.53. The van der Waals surface area contributed by atoms with E-state index in [-0.39, 0.29) is 24.3 Å². The number of nitrogens with one attached hydrogen (secondary N) is 2. The number of imidazole rings is 1. The van der Waals surface area contributed by atoms with Crippen molar-refractivity contribution in [2.24, 2.45) is 23.2 Å². The van der Waals surface area contributed by atoms with Crippen LogP contribution in [0.1, 0.15) is 69.6 Å². The maximum Gasteiger partial charge on any atom is 0.268 e. The highest BCUT2D eigenvalue weighted by atomic mass is 16.5. The Morgan fingerprint density at radius 2 is 2.05 bits per heavy atom. The summed E-state index contributed by atoms with van der Waals surface area (Å²) in [6.07, 6.45) is 6.40. The van der Waals surface area contributed by atoms with E-state index in [4.69, 9.17) is 4.74 Å². The second-order valence-electron chi connectivity index (χ2n) is 11.6. The molecule has 1 aliphatic heterocycles. The molecule has 1 saturated heterocycles. The van der Waals surface area contributed by atoms with Crippen LogP contribution in [0.2, 0.25) is 0 Å². The summed E-state index contributed by atoms with van der Waals surface area (Å²) in [7, 11) is 1.66. The number of aromatic nitrogens is 2. The summed E-state index contributed by atoms with van der Waals surface area (Å²) in [4.78, 5) is 33.1.